The van der Waals surface area contributed by atoms with Crippen molar-refractivity contribution in [1.29, 1.82) is 0 Å². The van der Waals surface area contributed by atoms with E-state index in [0.29, 0.717) is 24.8 Å². The van der Waals surface area contributed by atoms with Crippen LogP contribution in [0.15, 0.2) is 48.5 Å². The van der Waals surface area contributed by atoms with Crippen LogP contribution in [-0.2, 0) is 16.1 Å². The van der Waals surface area contributed by atoms with E-state index in [1.165, 1.54) is 0 Å². The number of aromatic amines is 1. The first-order valence-electron chi connectivity index (χ1n) is 10.2. The second kappa shape index (κ2) is 8.07. The highest BCUT2D eigenvalue weighted by Crippen LogP contribution is 2.33. The molecule has 0 bridgehead atoms. The van der Waals surface area contributed by atoms with Crippen LogP contribution in [0.2, 0.25) is 0 Å². The highest BCUT2D eigenvalue weighted by atomic mass is 16.2. The zero-order valence-corrected chi connectivity index (χ0v) is 16.8. The summed E-state index contributed by atoms with van der Waals surface area (Å²) in [6.45, 7) is 5.04. The van der Waals surface area contributed by atoms with Gasteiger partial charge in [0, 0.05) is 18.7 Å². The fraction of sp³-hybridized carbons (Fsp3) is 0.348. The summed E-state index contributed by atoms with van der Waals surface area (Å²) in [5, 5.41) is 2.93. The van der Waals surface area contributed by atoms with Crippen LogP contribution in [0.25, 0.3) is 11.0 Å². The maximum atomic E-state index is 12.7. The van der Waals surface area contributed by atoms with Gasteiger partial charge in [-0.05, 0) is 36.1 Å². The predicted molar refractivity (Wildman–Crippen MR) is 114 cm³/mol. The fourth-order valence-electron chi connectivity index (χ4n) is 3.89. The van der Waals surface area contributed by atoms with Crippen LogP contribution in [0.5, 0.6) is 0 Å². The number of hydrogen-bond acceptors (Lipinski definition) is 3. The van der Waals surface area contributed by atoms with Crippen molar-refractivity contribution in [1.82, 2.24) is 15.3 Å². The normalized spacial score (nSPS) is 17.7. The Morgan fingerprint density at radius 2 is 2.00 bits per heavy atom. The average molecular weight is 390 g/mol. The Labute approximate surface area is 170 Å². The number of anilines is 1. The highest BCUT2D eigenvalue weighted by molar-refractivity contribution is 6.00. The zero-order chi connectivity index (χ0) is 20.4. The lowest BCUT2D eigenvalue weighted by Gasteiger charge is -2.23. The van der Waals surface area contributed by atoms with Gasteiger partial charge >= 0.3 is 0 Å². The number of carbonyl (C=O) groups is 2. The molecule has 150 valence electrons. The average Bonchev–Trinajstić information content (AvgIpc) is 3.34. The van der Waals surface area contributed by atoms with Crippen molar-refractivity contribution in [2.75, 3.05) is 11.4 Å². The molecule has 3 aromatic rings. The monoisotopic (exact) mass is 390 g/mol. The third-order valence-electron chi connectivity index (χ3n) is 5.74. The fourth-order valence-corrected chi connectivity index (χ4v) is 3.89. The molecular weight excluding hydrogens is 364 g/mol. The smallest absolute Gasteiger partial charge is 0.227 e. The van der Waals surface area contributed by atoms with Gasteiger partial charge in [-0.2, -0.15) is 0 Å². The number of rotatable bonds is 6. The summed E-state index contributed by atoms with van der Waals surface area (Å²) in [6, 6.07) is 15.8. The van der Waals surface area contributed by atoms with Gasteiger partial charge in [-0.3, -0.25) is 9.59 Å². The van der Waals surface area contributed by atoms with E-state index in [-0.39, 0.29) is 24.2 Å². The highest BCUT2D eigenvalue weighted by Gasteiger charge is 2.36. The topological polar surface area (TPSA) is 78.1 Å². The minimum absolute atomic E-state index is 0.00430. The molecule has 1 aromatic heterocycles. The lowest BCUT2D eigenvalue weighted by molar-refractivity contribution is -0.126. The van der Waals surface area contributed by atoms with Crippen LogP contribution in [-0.4, -0.2) is 28.3 Å². The van der Waals surface area contributed by atoms with Crippen molar-refractivity contribution in [3.8, 4) is 0 Å². The molecule has 6 heteroatoms. The summed E-state index contributed by atoms with van der Waals surface area (Å²) >= 11 is 0. The molecule has 6 nitrogen and oxygen atoms in total. The Morgan fingerprint density at radius 3 is 2.79 bits per heavy atom. The maximum absolute atomic E-state index is 12.7. The standard InChI is InChI=1S/C23H26N4O2/c1-3-15(2)17-8-4-7-11-20(17)27-14-16(12-22(27)28)23(29)24-13-21-25-18-9-5-6-10-19(18)26-21/h4-11,15-16H,3,12-14H2,1-2H3,(H,24,29)(H,25,26). The minimum Gasteiger partial charge on any atom is -0.349 e. The third-order valence-corrected chi connectivity index (χ3v) is 5.74. The number of para-hydroxylation sites is 3. The number of hydrogen-bond donors (Lipinski definition) is 2. The van der Waals surface area contributed by atoms with Crippen molar-refractivity contribution in [2.45, 2.75) is 39.2 Å². The van der Waals surface area contributed by atoms with Crippen LogP contribution in [0.3, 0.4) is 0 Å². The molecule has 2 heterocycles. The van der Waals surface area contributed by atoms with Crippen LogP contribution in [0.1, 0.15) is 44.0 Å². The van der Waals surface area contributed by atoms with Crippen molar-refractivity contribution in [3.05, 3.63) is 59.9 Å². The second-order valence-corrected chi connectivity index (χ2v) is 7.69. The van der Waals surface area contributed by atoms with Crippen LogP contribution in [0, 0.1) is 5.92 Å². The first kappa shape index (κ1) is 19.2. The quantitative estimate of drug-likeness (QED) is 0.673. The molecule has 0 spiro atoms. The largest absolute Gasteiger partial charge is 0.349 e. The molecule has 1 aliphatic heterocycles. The molecule has 2 N–H and O–H groups in total. The Balaban J connectivity index is 1.43. The van der Waals surface area contributed by atoms with E-state index >= 15 is 0 Å². The van der Waals surface area contributed by atoms with Gasteiger partial charge in [0.1, 0.15) is 5.82 Å². The van der Waals surface area contributed by atoms with Crippen LogP contribution in [0.4, 0.5) is 5.69 Å². The first-order chi connectivity index (χ1) is 14.1. The van der Waals surface area contributed by atoms with Crippen LogP contribution >= 0.6 is 0 Å². The second-order valence-electron chi connectivity index (χ2n) is 7.69. The van der Waals surface area contributed by atoms with Crippen molar-refractivity contribution in [2.24, 2.45) is 5.92 Å². The lowest BCUT2D eigenvalue weighted by Crippen LogP contribution is -2.33. The van der Waals surface area contributed by atoms with Gasteiger partial charge in [-0.15, -0.1) is 0 Å². The van der Waals surface area contributed by atoms with Crippen molar-refractivity contribution < 1.29 is 9.59 Å². The van der Waals surface area contributed by atoms with Gasteiger partial charge in [0.15, 0.2) is 0 Å². The Morgan fingerprint density at radius 1 is 1.24 bits per heavy atom. The number of amides is 2. The minimum atomic E-state index is -0.350. The summed E-state index contributed by atoms with van der Waals surface area (Å²) in [6.07, 6.45) is 1.24. The number of benzene rings is 2. The van der Waals surface area contributed by atoms with Crippen LogP contribution < -0.4 is 10.2 Å². The molecule has 2 unspecified atom stereocenters. The van der Waals surface area contributed by atoms with E-state index in [9.17, 15) is 9.59 Å². The molecule has 2 atom stereocenters. The molecule has 0 aliphatic carbocycles. The van der Waals surface area contributed by atoms with Gasteiger partial charge in [0.2, 0.25) is 11.8 Å². The summed E-state index contributed by atoms with van der Waals surface area (Å²) in [7, 11) is 0. The Bertz CT molecular complexity index is 1010. The summed E-state index contributed by atoms with van der Waals surface area (Å²) in [4.78, 5) is 34.8. The van der Waals surface area contributed by atoms with E-state index in [4.69, 9.17) is 0 Å². The molecule has 1 aliphatic rings. The van der Waals surface area contributed by atoms with E-state index < -0.39 is 0 Å². The summed E-state index contributed by atoms with van der Waals surface area (Å²) < 4.78 is 0. The summed E-state index contributed by atoms with van der Waals surface area (Å²) in [5.74, 6) is 0.617. The van der Waals surface area contributed by atoms with E-state index in [2.05, 4.69) is 35.2 Å². The third kappa shape index (κ3) is 3.88. The van der Waals surface area contributed by atoms with E-state index in [0.717, 1.165) is 28.7 Å². The molecule has 1 fully saturated rings. The number of nitrogens with one attached hydrogen (secondary N) is 2. The lowest BCUT2D eigenvalue weighted by atomic mass is 9.96. The number of aromatic nitrogens is 2. The van der Waals surface area contributed by atoms with Gasteiger partial charge < -0.3 is 15.2 Å². The molecular formula is C23H26N4O2. The molecule has 29 heavy (non-hydrogen) atoms. The predicted octanol–water partition coefficient (Wildman–Crippen LogP) is 3.75. The Kier molecular flexibility index (Phi) is 5.34. The van der Waals surface area contributed by atoms with Gasteiger partial charge in [-0.25, -0.2) is 4.98 Å². The van der Waals surface area contributed by atoms with Crippen molar-refractivity contribution in [3.63, 3.8) is 0 Å². The van der Waals surface area contributed by atoms with Crippen molar-refractivity contribution >= 4 is 28.5 Å². The van der Waals surface area contributed by atoms with E-state index in [1.807, 2.05) is 42.5 Å². The van der Waals surface area contributed by atoms with E-state index in [1.54, 1.807) is 4.90 Å². The Hall–Kier alpha value is -3.15. The number of fused-ring (bicyclic) bond motifs is 1. The van der Waals surface area contributed by atoms with Gasteiger partial charge in [-0.1, -0.05) is 44.2 Å². The zero-order valence-electron chi connectivity index (χ0n) is 16.8. The maximum Gasteiger partial charge on any atom is 0.227 e. The molecule has 2 amide bonds. The molecule has 0 radical (unpaired) electrons. The van der Waals surface area contributed by atoms with Gasteiger partial charge in [0.05, 0.1) is 23.5 Å². The van der Waals surface area contributed by atoms with Gasteiger partial charge in [0.25, 0.3) is 0 Å². The molecule has 1 saturated heterocycles. The number of imidazole rings is 1. The molecule has 4 rings (SSSR count). The number of H-pyrrole nitrogens is 1. The summed E-state index contributed by atoms with van der Waals surface area (Å²) in [5.41, 5.74) is 3.91. The molecule has 0 saturated carbocycles. The SMILES string of the molecule is CCC(C)c1ccccc1N1CC(C(=O)NCc2nc3ccccc3[nH]2)CC1=O. The number of nitrogens with zero attached hydrogens (tertiary/aromatic N) is 2. The number of carbonyl (C=O) groups excluding carboxylic acids is 2. The first-order valence-corrected chi connectivity index (χ1v) is 10.2. The molecule has 2 aromatic carbocycles.